The molecule has 0 saturated heterocycles. The van der Waals surface area contributed by atoms with Crippen LogP contribution in [0.15, 0.2) is 170 Å². The average Bonchev–Trinajstić information content (AvgIpc) is 3.97. The van der Waals surface area contributed by atoms with Crippen molar-refractivity contribution in [2.75, 3.05) is 9.80 Å². The number of pyridine rings is 1. The maximum Gasteiger partial charge on any atom is 0.135 e. The van der Waals surface area contributed by atoms with Crippen LogP contribution in [0.1, 0.15) is 68.2 Å². The van der Waals surface area contributed by atoms with Crippen LogP contribution >= 0.6 is 0 Å². The van der Waals surface area contributed by atoms with Crippen LogP contribution in [-0.2, 0) is 31.9 Å². The normalized spacial score (nSPS) is 22.7. The molecule has 332 valence electrons. The molecule has 0 radical (unpaired) electrons. The Hall–Kier alpha value is -6.42. The van der Waals surface area contributed by atoms with Crippen molar-refractivity contribution in [3.8, 4) is 28.4 Å². The van der Waals surface area contributed by atoms with Crippen molar-refractivity contribution in [2.24, 2.45) is 23.7 Å². The summed E-state index contributed by atoms with van der Waals surface area (Å²) in [6.45, 7) is 6.85. The zero-order chi connectivity index (χ0) is 43.7. The zero-order valence-corrected chi connectivity index (χ0v) is 39.9. The van der Waals surface area contributed by atoms with Gasteiger partial charge in [-0.2, -0.15) is 12.1 Å². The van der Waals surface area contributed by atoms with Gasteiger partial charge < -0.3 is 19.1 Å². The summed E-state index contributed by atoms with van der Waals surface area (Å²) in [5.74, 6) is 5.20. The van der Waals surface area contributed by atoms with Gasteiger partial charge in [0.05, 0.1) is 0 Å². The molecule has 0 amide bonds. The van der Waals surface area contributed by atoms with Crippen molar-refractivity contribution in [1.82, 2.24) is 9.55 Å². The fourth-order valence-corrected chi connectivity index (χ4v) is 13.8. The third kappa shape index (κ3) is 6.06. The standard InChI is InChI=1S/C61H49N4O.Pt/c1-60(2)53-19-8-6-17-49(53)50-25-23-46(36-54(50)60)64-38-63(56-21-10-11-22-57(56)64)45-15-12-16-47(35-45)66-48-24-26-52-51-18-7-9-20-55(51)65(58(52)37-48)59-34-42(27-28-62-59)61(41-13-4-3-5-14-41)43-30-39-29-40(32-43)33-44(61)31-39;/h3-28,34,36,38-40,43-44H,29-33H2,1-2H3;/q-3;. The van der Waals surface area contributed by atoms with E-state index in [9.17, 15) is 0 Å². The molecule has 2 aromatic heterocycles. The van der Waals surface area contributed by atoms with Gasteiger partial charge in [0.1, 0.15) is 5.82 Å². The zero-order valence-electron chi connectivity index (χ0n) is 37.6. The Morgan fingerprint density at radius 1 is 0.582 bits per heavy atom. The Morgan fingerprint density at radius 3 is 2.10 bits per heavy atom. The van der Waals surface area contributed by atoms with Gasteiger partial charge in [-0.3, -0.25) is 0 Å². The quantitative estimate of drug-likeness (QED) is 0.149. The molecule has 1 aliphatic heterocycles. The van der Waals surface area contributed by atoms with E-state index in [-0.39, 0.29) is 31.9 Å². The van der Waals surface area contributed by atoms with Crippen LogP contribution in [0.4, 0.5) is 22.7 Å². The summed E-state index contributed by atoms with van der Waals surface area (Å²) in [4.78, 5) is 9.66. The molecule has 6 heteroatoms. The summed E-state index contributed by atoms with van der Waals surface area (Å²) >= 11 is 0. The van der Waals surface area contributed by atoms with Gasteiger partial charge in [-0.1, -0.05) is 110 Å². The maximum absolute atomic E-state index is 6.74. The molecule has 4 bridgehead atoms. The first-order valence-electron chi connectivity index (χ1n) is 23.9. The monoisotopic (exact) mass is 1050 g/mol. The molecule has 9 aromatic rings. The van der Waals surface area contributed by atoms with Gasteiger partial charge in [0, 0.05) is 72.2 Å². The molecular weight excluding hydrogens is 1000 g/mol. The van der Waals surface area contributed by atoms with Crippen molar-refractivity contribution >= 4 is 44.6 Å². The van der Waals surface area contributed by atoms with Crippen LogP contribution in [0, 0.1) is 42.5 Å². The second kappa shape index (κ2) is 15.3. The molecule has 15 rings (SSSR count). The van der Waals surface area contributed by atoms with E-state index in [1.54, 1.807) is 0 Å². The third-order valence-corrected chi connectivity index (χ3v) is 16.4. The van der Waals surface area contributed by atoms with Gasteiger partial charge in [-0.25, -0.2) is 4.98 Å². The topological polar surface area (TPSA) is 33.5 Å². The Morgan fingerprint density at radius 2 is 1.28 bits per heavy atom. The molecule has 0 atom stereocenters. The number of hydrogen-bond acceptors (Lipinski definition) is 4. The van der Waals surface area contributed by atoms with Crippen molar-refractivity contribution in [3.63, 3.8) is 0 Å². The smallest absolute Gasteiger partial charge is 0.135 e. The maximum atomic E-state index is 6.74. The summed E-state index contributed by atoms with van der Waals surface area (Å²) in [5.41, 5.74) is 14.4. The van der Waals surface area contributed by atoms with Gasteiger partial charge in [0.2, 0.25) is 0 Å². The second-order valence-electron chi connectivity index (χ2n) is 20.1. The largest absolute Gasteiger partial charge is 0.509 e. The molecule has 6 aliphatic rings. The Kier molecular flexibility index (Phi) is 9.32. The molecule has 0 spiro atoms. The second-order valence-corrected chi connectivity index (χ2v) is 20.1. The van der Waals surface area contributed by atoms with E-state index in [0.717, 1.165) is 56.8 Å². The van der Waals surface area contributed by atoms with Gasteiger partial charge in [0.25, 0.3) is 0 Å². The summed E-state index contributed by atoms with van der Waals surface area (Å²) < 4.78 is 9.04. The van der Waals surface area contributed by atoms with E-state index in [2.05, 4.69) is 199 Å². The van der Waals surface area contributed by atoms with Crippen LogP contribution < -0.4 is 14.5 Å². The SMILES string of the molecule is CC1(C)c2ccccc2-c2ccc(N3[CH-]N(c4[c-]c(Oc5[c-]c6c(cc5)c5ccccc5n6-c5cc(C6(c7ccccc7)C7CC8CC(C7)CC6C8)ccn5)ccc4)c4ccccc43)cc21.[Pt]. The van der Waals surface area contributed by atoms with Crippen LogP contribution in [0.3, 0.4) is 0 Å². The number of hydrogen-bond donors (Lipinski definition) is 0. The van der Waals surface area contributed by atoms with Gasteiger partial charge in [0.15, 0.2) is 0 Å². The van der Waals surface area contributed by atoms with E-state index < -0.39 is 0 Å². The number of fused-ring (bicyclic) bond motifs is 7. The molecule has 5 aliphatic carbocycles. The van der Waals surface area contributed by atoms with Gasteiger partial charge in [-0.15, -0.1) is 48.1 Å². The van der Waals surface area contributed by atoms with E-state index >= 15 is 0 Å². The molecule has 4 fully saturated rings. The van der Waals surface area contributed by atoms with Crippen molar-refractivity contribution in [2.45, 2.75) is 56.8 Å². The third-order valence-electron chi connectivity index (χ3n) is 16.4. The number of para-hydroxylation sites is 3. The summed E-state index contributed by atoms with van der Waals surface area (Å²) in [5, 5.41) is 2.30. The first kappa shape index (κ1) is 40.8. The number of anilines is 4. The molecule has 0 unspecified atom stereocenters. The van der Waals surface area contributed by atoms with E-state index in [1.165, 1.54) is 70.9 Å². The minimum Gasteiger partial charge on any atom is -0.509 e. The fourth-order valence-electron chi connectivity index (χ4n) is 13.8. The molecule has 0 N–H and O–H groups in total. The molecule has 67 heavy (non-hydrogen) atoms. The molecule has 4 saturated carbocycles. The summed E-state index contributed by atoms with van der Waals surface area (Å²) in [6, 6.07) is 66.9. The van der Waals surface area contributed by atoms with Crippen molar-refractivity contribution in [3.05, 3.63) is 211 Å². The summed E-state index contributed by atoms with van der Waals surface area (Å²) in [7, 11) is 0. The minimum absolute atomic E-state index is 0. The van der Waals surface area contributed by atoms with Crippen LogP contribution in [-0.4, -0.2) is 9.55 Å². The van der Waals surface area contributed by atoms with Crippen LogP contribution in [0.5, 0.6) is 11.5 Å². The molecule has 7 aromatic carbocycles. The number of benzene rings is 7. The van der Waals surface area contributed by atoms with Crippen LogP contribution in [0.2, 0.25) is 0 Å². The van der Waals surface area contributed by atoms with E-state index in [0.29, 0.717) is 23.3 Å². The van der Waals surface area contributed by atoms with E-state index in [4.69, 9.17) is 9.72 Å². The number of nitrogens with zero attached hydrogens (tertiary/aromatic N) is 4. The predicted molar refractivity (Wildman–Crippen MR) is 266 cm³/mol. The minimum atomic E-state index is -0.0885. The van der Waals surface area contributed by atoms with Crippen molar-refractivity contribution in [1.29, 1.82) is 0 Å². The van der Waals surface area contributed by atoms with E-state index in [1.807, 2.05) is 18.2 Å². The Bertz CT molecular complexity index is 3380. The first-order chi connectivity index (χ1) is 32.4. The molecule has 3 heterocycles. The number of rotatable bonds is 7. The first-order valence-corrected chi connectivity index (χ1v) is 23.9. The number of ether oxygens (including phenoxy) is 1. The Balaban J connectivity index is 0.00000446. The van der Waals surface area contributed by atoms with Crippen molar-refractivity contribution < 1.29 is 25.8 Å². The molecule has 5 nitrogen and oxygen atoms in total. The molecular formula is C61H49N4OPt-3. The number of aromatic nitrogens is 2. The predicted octanol–water partition coefficient (Wildman–Crippen LogP) is 15.0. The Labute approximate surface area is 407 Å². The van der Waals surface area contributed by atoms with Crippen LogP contribution in [0.25, 0.3) is 38.8 Å². The summed E-state index contributed by atoms with van der Waals surface area (Å²) in [6.07, 6.45) is 8.78. The average molecular weight is 1050 g/mol. The van der Waals surface area contributed by atoms with Gasteiger partial charge >= 0.3 is 0 Å². The van der Waals surface area contributed by atoms with Gasteiger partial charge in [-0.05, 0) is 137 Å². The fraction of sp³-hybridized carbons (Fsp3) is 0.213.